The van der Waals surface area contributed by atoms with Crippen LogP contribution in [0, 0.1) is 11.3 Å². The Morgan fingerprint density at radius 1 is 1.12 bits per heavy atom. The highest BCUT2D eigenvalue weighted by Crippen LogP contribution is 2.15. The third kappa shape index (κ3) is 5.08. The first-order valence-corrected chi connectivity index (χ1v) is 7.71. The standard InChI is InChI=1S/C19H19N3O3/c1-14(23)22(17-7-3-15(11-20)4-8-17)13-19(24)21-12-16-5-9-18(25-2)10-6-16/h3-10H,12-13H2,1-2H3,(H,21,24). The second-order valence-corrected chi connectivity index (χ2v) is 5.39. The van der Waals surface area contributed by atoms with Crippen molar-refractivity contribution in [2.24, 2.45) is 0 Å². The van der Waals surface area contributed by atoms with E-state index in [9.17, 15) is 9.59 Å². The number of hydrogen-bond acceptors (Lipinski definition) is 4. The zero-order valence-corrected chi connectivity index (χ0v) is 14.2. The van der Waals surface area contributed by atoms with E-state index in [1.54, 1.807) is 31.4 Å². The van der Waals surface area contributed by atoms with Gasteiger partial charge in [0.2, 0.25) is 11.8 Å². The molecule has 0 spiro atoms. The van der Waals surface area contributed by atoms with Gasteiger partial charge in [0.05, 0.1) is 18.7 Å². The summed E-state index contributed by atoms with van der Waals surface area (Å²) in [5, 5.41) is 11.6. The minimum atomic E-state index is -0.268. The molecule has 2 aromatic rings. The molecule has 2 aromatic carbocycles. The maximum Gasteiger partial charge on any atom is 0.240 e. The number of nitriles is 1. The van der Waals surface area contributed by atoms with Gasteiger partial charge in [-0.15, -0.1) is 0 Å². The van der Waals surface area contributed by atoms with E-state index in [0.717, 1.165) is 11.3 Å². The van der Waals surface area contributed by atoms with Crippen molar-refractivity contribution in [1.29, 1.82) is 5.26 Å². The first kappa shape index (κ1) is 18.0. The van der Waals surface area contributed by atoms with Gasteiger partial charge in [-0.25, -0.2) is 0 Å². The van der Waals surface area contributed by atoms with Crippen molar-refractivity contribution in [3.8, 4) is 11.8 Å². The second kappa shape index (κ2) is 8.50. The number of carbonyl (C=O) groups excluding carboxylic acids is 2. The Bertz CT molecular complexity index is 777. The summed E-state index contributed by atoms with van der Waals surface area (Å²) in [4.78, 5) is 25.4. The molecule has 0 fully saturated rings. The highest BCUT2D eigenvalue weighted by Gasteiger charge is 2.15. The van der Waals surface area contributed by atoms with Gasteiger partial charge in [0, 0.05) is 19.2 Å². The number of hydrogen-bond donors (Lipinski definition) is 1. The first-order valence-electron chi connectivity index (χ1n) is 7.71. The van der Waals surface area contributed by atoms with Crippen LogP contribution in [0.1, 0.15) is 18.1 Å². The summed E-state index contributed by atoms with van der Waals surface area (Å²) in [6.07, 6.45) is 0. The van der Waals surface area contributed by atoms with Crippen LogP contribution in [0.15, 0.2) is 48.5 Å². The summed E-state index contributed by atoms with van der Waals surface area (Å²) in [5.41, 5.74) is 2.00. The predicted octanol–water partition coefficient (Wildman–Crippen LogP) is 2.24. The molecule has 2 rings (SSSR count). The topological polar surface area (TPSA) is 82.4 Å². The van der Waals surface area contributed by atoms with E-state index in [0.29, 0.717) is 17.8 Å². The van der Waals surface area contributed by atoms with E-state index in [4.69, 9.17) is 10.00 Å². The molecule has 6 nitrogen and oxygen atoms in total. The maximum absolute atomic E-state index is 12.2. The van der Waals surface area contributed by atoms with E-state index in [1.807, 2.05) is 30.3 Å². The number of rotatable bonds is 6. The van der Waals surface area contributed by atoms with E-state index >= 15 is 0 Å². The third-order valence-electron chi connectivity index (χ3n) is 3.64. The van der Waals surface area contributed by atoms with Crippen LogP contribution in [0.4, 0.5) is 5.69 Å². The fraction of sp³-hybridized carbons (Fsp3) is 0.211. The van der Waals surface area contributed by atoms with Gasteiger partial charge in [0.1, 0.15) is 12.3 Å². The van der Waals surface area contributed by atoms with Crippen LogP contribution >= 0.6 is 0 Å². The molecule has 6 heteroatoms. The lowest BCUT2D eigenvalue weighted by molar-refractivity contribution is -0.123. The molecule has 0 radical (unpaired) electrons. The summed E-state index contributed by atoms with van der Waals surface area (Å²) < 4.78 is 5.09. The number of nitrogens with zero attached hydrogens (tertiary/aromatic N) is 2. The van der Waals surface area contributed by atoms with E-state index in [-0.39, 0.29) is 18.4 Å². The van der Waals surface area contributed by atoms with Crippen molar-refractivity contribution in [2.45, 2.75) is 13.5 Å². The number of nitrogens with one attached hydrogen (secondary N) is 1. The zero-order chi connectivity index (χ0) is 18.2. The molecule has 0 aromatic heterocycles. The van der Waals surface area contributed by atoms with E-state index < -0.39 is 0 Å². The smallest absolute Gasteiger partial charge is 0.240 e. The average molecular weight is 337 g/mol. The number of anilines is 1. The van der Waals surface area contributed by atoms with Crippen LogP contribution in [0.5, 0.6) is 5.75 Å². The van der Waals surface area contributed by atoms with Crippen LogP contribution in [0.3, 0.4) is 0 Å². The molecule has 128 valence electrons. The Balaban J connectivity index is 1.97. The molecule has 0 saturated carbocycles. The Hall–Kier alpha value is -3.33. The fourth-order valence-corrected chi connectivity index (χ4v) is 2.24. The Kier molecular flexibility index (Phi) is 6.13. The summed E-state index contributed by atoms with van der Waals surface area (Å²) in [5.74, 6) is 0.235. The Labute approximate surface area is 146 Å². The molecule has 0 bridgehead atoms. The van der Waals surface area contributed by atoms with Crippen LogP contribution in [-0.2, 0) is 16.1 Å². The lowest BCUT2D eigenvalue weighted by Gasteiger charge is -2.20. The van der Waals surface area contributed by atoms with Gasteiger partial charge in [-0.05, 0) is 42.0 Å². The van der Waals surface area contributed by atoms with Crippen molar-refractivity contribution in [3.05, 3.63) is 59.7 Å². The summed E-state index contributed by atoms with van der Waals surface area (Å²) in [6, 6.07) is 15.9. The molecular weight excluding hydrogens is 318 g/mol. The second-order valence-electron chi connectivity index (χ2n) is 5.39. The van der Waals surface area contributed by atoms with E-state index in [2.05, 4.69) is 5.32 Å². The monoisotopic (exact) mass is 337 g/mol. The number of carbonyl (C=O) groups is 2. The minimum absolute atomic E-state index is 0.0859. The maximum atomic E-state index is 12.2. The SMILES string of the molecule is COc1ccc(CNC(=O)CN(C(C)=O)c2ccc(C#N)cc2)cc1. The minimum Gasteiger partial charge on any atom is -0.497 e. The molecule has 0 aliphatic rings. The molecule has 0 aliphatic heterocycles. The summed E-state index contributed by atoms with van der Waals surface area (Å²) in [7, 11) is 1.59. The van der Waals surface area contributed by atoms with E-state index in [1.165, 1.54) is 11.8 Å². The number of ether oxygens (including phenoxy) is 1. The quantitative estimate of drug-likeness (QED) is 0.876. The molecule has 2 amide bonds. The van der Waals surface area contributed by atoms with Crippen LogP contribution in [0.2, 0.25) is 0 Å². The largest absolute Gasteiger partial charge is 0.497 e. The Morgan fingerprint density at radius 2 is 1.76 bits per heavy atom. The first-order chi connectivity index (χ1) is 12.0. The molecule has 0 heterocycles. The van der Waals surface area contributed by atoms with Crippen molar-refractivity contribution < 1.29 is 14.3 Å². The molecule has 1 N–H and O–H groups in total. The van der Waals surface area contributed by atoms with Gasteiger partial charge >= 0.3 is 0 Å². The van der Waals surface area contributed by atoms with Gasteiger partial charge in [-0.1, -0.05) is 12.1 Å². The molecule has 0 atom stereocenters. The Morgan fingerprint density at radius 3 is 2.28 bits per heavy atom. The number of benzene rings is 2. The highest BCUT2D eigenvalue weighted by molar-refractivity contribution is 5.97. The zero-order valence-electron chi connectivity index (χ0n) is 14.2. The normalized spacial score (nSPS) is 9.80. The van der Waals surface area contributed by atoms with Crippen LogP contribution in [-0.4, -0.2) is 25.5 Å². The number of amides is 2. The molecule has 0 aliphatic carbocycles. The lowest BCUT2D eigenvalue weighted by Crippen LogP contribution is -2.39. The van der Waals surface area contributed by atoms with Gasteiger partial charge in [-0.2, -0.15) is 5.26 Å². The van der Waals surface area contributed by atoms with Crippen molar-refractivity contribution in [1.82, 2.24) is 5.32 Å². The highest BCUT2D eigenvalue weighted by atomic mass is 16.5. The molecule has 0 unspecified atom stereocenters. The van der Waals surface area contributed by atoms with Crippen molar-refractivity contribution >= 4 is 17.5 Å². The predicted molar refractivity (Wildman–Crippen MR) is 94.0 cm³/mol. The molecular formula is C19H19N3O3. The van der Waals surface area contributed by atoms with Gasteiger partial charge < -0.3 is 15.0 Å². The van der Waals surface area contributed by atoms with Gasteiger partial charge in [0.25, 0.3) is 0 Å². The van der Waals surface area contributed by atoms with Crippen molar-refractivity contribution in [3.63, 3.8) is 0 Å². The van der Waals surface area contributed by atoms with Gasteiger partial charge in [-0.3, -0.25) is 9.59 Å². The van der Waals surface area contributed by atoms with Crippen molar-refractivity contribution in [2.75, 3.05) is 18.6 Å². The fourth-order valence-electron chi connectivity index (χ4n) is 2.24. The third-order valence-corrected chi connectivity index (χ3v) is 3.64. The molecule has 0 saturated heterocycles. The van der Waals surface area contributed by atoms with Crippen LogP contribution < -0.4 is 15.0 Å². The lowest BCUT2D eigenvalue weighted by atomic mass is 10.2. The van der Waals surface area contributed by atoms with Crippen LogP contribution in [0.25, 0.3) is 0 Å². The average Bonchev–Trinajstić information content (AvgIpc) is 2.64. The summed E-state index contributed by atoms with van der Waals surface area (Å²) in [6.45, 7) is 1.67. The molecule has 25 heavy (non-hydrogen) atoms. The number of methoxy groups -OCH3 is 1. The summed E-state index contributed by atoms with van der Waals surface area (Å²) >= 11 is 0. The van der Waals surface area contributed by atoms with Gasteiger partial charge in [0.15, 0.2) is 0 Å².